The lowest BCUT2D eigenvalue weighted by molar-refractivity contribution is -0.118. The predicted molar refractivity (Wildman–Crippen MR) is 71.3 cm³/mol. The maximum Gasteiger partial charge on any atom is 0.250 e. The minimum Gasteiger partial charge on any atom is -0.399 e. The monoisotopic (exact) mass is 250 g/mol. The van der Waals surface area contributed by atoms with Gasteiger partial charge in [0.25, 0.3) is 5.91 Å². The summed E-state index contributed by atoms with van der Waals surface area (Å²) >= 11 is 0. The fourth-order valence-corrected chi connectivity index (χ4v) is 1.55. The smallest absolute Gasteiger partial charge is 0.250 e. The van der Waals surface area contributed by atoms with Crippen LogP contribution >= 0.6 is 0 Å². The quantitative estimate of drug-likeness (QED) is 0.729. The van der Waals surface area contributed by atoms with Gasteiger partial charge >= 0.3 is 0 Å². The largest absolute Gasteiger partial charge is 0.399 e. The van der Waals surface area contributed by atoms with Gasteiger partial charge in [-0.2, -0.15) is 0 Å². The number of anilines is 2. The van der Waals surface area contributed by atoms with Gasteiger partial charge in [-0.25, -0.2) is 0 Å². The molecule has 0 saturated heterocycles. The molecule has 0 aliphatic carbocycles. The van der Waals surface area contributed by atoms with Crippen molar-refractivity contribution in [3.63, 3.8) is 0 Å². The van der Waals surface area contributed by atoms with Gasteiger partial charge in [-0.05, 0) is 32.3 Å². The van der Waals surface area contributed by atoms with E-state index >= 15 is 0 Å². The van der Waals surface area contributed by atoms with Crippen LogP contribution < -0.4 is 16.4 Å². The standard InChI is InChI=1S/C12H18N4O2/c1-15(2)7-11(17)16(3)10-5-4-8(13)6-9(10)12(14)18/h4-6H,7,13H2,1-3H3,(H2,14,18). The van der Waals surface area contributed by atoms with E-state index in [-0.39, 0.29) is 18.0 Å². The van der Waals surface area contributed by atoms with Gasteiger partial charge < -0.3 is 21.3 Å². The second-order valence-electron chi connectivity index (χ2n) is 4.33. The molecule has 6 heteroatoms. The maximum atomic E-state index is 11.9. The van der Waals surface area contributed by atoms with Gasteiger partial charge in [-0.1, -0.05) is 0 Å². The number of nitrogens with zero attached hydrogens (tertiary/aromatic N) is 2. The molecular weight excluding hydrogens is 232 g/mol. The number of hydrogen-bond acceptors (Lipinski definition) is 4. The van der Waals surface area contributed by atoms with Crippen molar-refractivity contribution in [1.29, 1.82) is 0 Å². The van der Waals surface area contributed by atoms with Gasteiger partial charge in [0.2, 0.25) is 5.91 Å². The molecule has 0 heterocycles. The Balaban J connectivity index is 3.09. The summed E-state index contributed by atoms with van der Waals surface area (Å²) in [4.78, 5) is 26.4. The first kappa shape index (κ1) is 14.0. The number of carbonyl (C=O) groups excluding carboxylic acids is 2. The molecule has 1 aromatic carbocycles. The zero-order valence-electron chi connectivity index (χ0n) is 10.8. The van der Waals surface area contributed by atoms with Crippen LogP contribution in [0.1, 0.15) is 10.4 Å². The molecule has 4 N–H and O–H groups in total. The van der Waals surface area contributed by atoms with Gasteiger partial charge in [0.1, 0.15) is 0 Å². The predicted octanol–water partition coefficient (Wildman–Crippen LogP) is -0.108. The Bertz CT molecular complexity index is 471. The van der Waals surface area contributed by atoms with E-state index in [0.29, 0.717) is 11.4 Å². The minimum absolute atomic E-state index is 0.132. The van der Waals surface area contributed by atoms with Crippen LogP contribution in [0.15, 0.2) is 18.2 Å². The number of primary amides is 1. The van der Waals surface area contributed by atoms with E-state index in [1.807, 2.05) is 0 Å². The van der Waals surface area contributed by atoms with Crippen LogP contribution in [0.2, 0.25) is 0 Å². The second-order valence-corrected chi connectivity index (χ2v) is 4.33. The molecule has 0 bridgehead atoms. The van der Waals surface area contributed by atoms with Crippen molar-refractivity contribution in [2.24, 2.45) is 5.73 Å². The average molecular weight is 250 g/mol. The van der Waals surface area contributed by atoms with Crippen molar-refractivity contribution >= 4 is 23.2 Å². The molecule has 0 unspecified atom stereocenters. The molecule has 0 spiro atoms. The molecule has 0 aromatic heterocycles. The molecule has 6 nitrogen and oxygen atoms in total. The van der Waals surface area contributed by atoms with E-state index in [4.69, 9.17) is 11.5 Å². The number of nitrogens with two attached hydrogens (primary N) is 2. The van der Waals surface area contributed by atoms with Crippen LogP contribution in [0.3, 0.4) is 0 Å². The highest BCUT2D eigenvalue weighted by atomic mass is 16.2. The number of carbonyl (C=O) groups is 2. The molecule has 0 fully saturated rings. The lowest BCUT2D eigenvalue weighted by atomic mass is 10.1. The number of rotatable bonds is 4. The molecule has 0 radical (unpaired) electrons. The van der Waals surface area contributed by atoms with Crippen LogP contribution in [0.25, 0.3) is 0 Å². The van der Waals surface area contributed by atoms with Crippen molar-refractivity contribution in [3.05, 3.63) is 23.8 Å². The van der Waals surface area contributed by atoms with E-state index < -0.39 is 5.91 Å². The highest BCUT2D eigenvalue weighted by molar-refractivity contribution is 6.05. The van der Waals surface area contributed by atoms with Crippen molar-refractivity contribution < 1.29 is 9.59 Å². The summed E-state index contributed by atoms with van der Waals surface area (Å²) in [5.74, 6) is -0.742. The fraction of sp³-hybridized carbons (Fsp3) is 0.333. The van der Waals surface area contributed by atoms with Crippen LogP contribution in [0.5, 0.6) is 0 Å². The number of likely N-dealkylation sites (N-methyl/N-ethyl adjacent to an activating group) is 2. The molecule has 0 aliphatic rings. The normalized spacial score (nSPS) is 10.4. The molecule has 0 atom stereocenters. The summed E-state index contributed by atoms with van der Waals surface area (Å²) in [6.45, 7) is 0.249. The zero-order valence-corrected chi connectivity index (χ0v) is 10.8. The summed E-state index contributed by atoms with van der Waals surface area (Å²) in [6, 6.07) is 4.71. The molecule has 2 amide bonds. The number of hydrogen-bond donors (Lipinski definition) is 2. The van der Waals surface area contributed by atoms with E-state index in [0.717, 1.165) is 0 Å². The maximum absolute atomic E-state index is 11.9. The Hall–Kier alpha value is -2.08. The Labute approximate surface area is 106 Å². The van der Waals surface area contributed by atoms with Gasteiger partial charge in [0.05, 0.1) is 17.8 Å². The summed E-state index contributed by atoms with van der Waals surface area (Å²) in [6.07, 6.45) is 0. The van der Waals surface area contributed by atoms with Gasteiger partial charge in [-0.15, -0.1) is 0 Å². The third kappa shape index (κ3) is 3.21. The SMILES string of the molecule is CN(C)CC(=O)N(C)c1ccc(N)cc1C(N)=O. The van der Waals surface area contributed by atoms with E-state index in [2.05, 4.69) is 0 Å². The van der Waals surface area contributed by atoms with Crippen LogP contribution in [-0.2, 0) is 4.79 Å². The first-order valence-corrected chi connectivity index (χ1v) is 5.43. The first-order valence-electron chi connectivity index (χ1n) is 5.43. The summed E-state index contributed by atoms with van der Waals surface area (Å²) in [7, 11) is 5.19. The molecule has 18 heavy (non-hydrogen) atoms. The second kappa shape index (κ2) is 5.50. The van der Waals surface area contributed by atoms with E-state index in [1.54, 1.807) is 38.2 Å². The third-order valence-corrected chi connectivity index (χ3v) is 2.47. The molecule has 98 valence electrons. The molecule has 0 saturated carbocycles. The lowest BCUT2D eigenvalue weighted by Gasteiger charge is -2.21. The third-order valence-electron chi connectivity index (χ3n) is 2.47. The first-order chi connectivity index (χ1) is 8.32. The molecule has 1 aromatic rings. The zero-order chi connectivity index (χ0) is 13.9. The number of amides is 2. The highest BCUT2D eigenvalue weighted by Gasteiger charge is 2.17. The number of benzene rings is 1. The summed E-state index contributed by atoms with van der Waals surface area (Å²) < 4.78 is 0. The van der Waals surface area contributed by atoms with E-state index in [9.17, 15) is 9.59 Å². The van der Waals surface area contributed by atoms with Crippen LogP contribution in [-0.4, -0.2) is 44.4 Å². The molecule has 0 aliphatic heterocycles. The molecule has 1 rings (SSSR count). The Morgan fingerprint density at radius 1 is 1.22 bits per heavy atom. The van der Waals surface area contributed by atoms with Crippen LogP contribution in [0.4, 0.5) is 11.4 Å². The van der Waals surface area contributed by atoms with Crippen molar-refractivity contribution in [2.75, 3.05) is 38.3 Å². The minimum atomic E-state index is -0.609. The Kier molecular flexibility index (Phi) is 4.28. The Morgan fingerprint density at radius 2 is 1.83 bits per heavy atom. The summed E-state index contributed by atoms with van der Waals surface area (Å²) in [5, 5.41) is 0. The molecular formula is C12H18N4O2. The lowest BCUT2D eigenvalue weighted by Crippen LogP contribution is -2.36. The van der Waals surface area contributed by atoms with E-state index in [1.165, 1.54) is 11.0 Å². The van der Waals surface area contributed by atoms with Gasteiger partial charge in [0, 0.05) is 12.7 Å². The Morgan fingerprint density at radius 3 is 2.33 bits per heavy atom. The highest BCUT2D eigenvalue weighted by Crippen LogP contribution is 2.22. The van der Waals surface area contributed by atoms with Crippen molar-refractivity contribution in [2.45, 2.75) is 0 Å². The summed E-state index contributed by atoms with van der Waals surface area (Å²) in [5.41, 5.74) is 12.0. The average Bonchev–Trinajstić information content (AvgIpc) is 2.26. The van der Waals surface area contributed by atoms with Crippen molar-refractivity contribution in [3.8, 4) is 0 Å². The fourth-order valence-electron chi connectivity index (χ4n) is 1.55. The van der Waals surface area contributed by atoms with Crippen molar-refractivity contribution in [1.82, 2.24) is 4.90 Å². The topological polar surface area (TPSA) is 92.7 Å². The number of nitrogen functional groups attached to an aromatic ring is 1. The van der Waals surface area contributed by atoms with Crippen LogP contribution in [0, 0.1) is 0 Å². The van der Waals surface area contributed by atoms with Gasteiger partial charge in [-0.3, -0.25) is 9.59 Å². The van der Waals surface area contributed by atoms with Gasteiger partial charge in [0.15, 0.2) is 0 Å².